The van der Waals surface area contributed by atoms with E-state index < -0.39 is 0 Å². The Balaban J connectivity index is 2.13. The van der Waals surface area contributed by atoms with Gasteiger partial charge < -0.3 is 4.74 Å². The topological polar surface area (TPSA) is 9.23 Å². The molecule has 10 heavy (non-hydrogen) atoms. The Bertz CT molecular complexity index is 160. The maximum absolute atomic E-state index is 5.56. The van der Waals surface area contributed by atoms with Gasteiger partial charge in [0.2, 0.25) is 0 Å². The SMILES string of the molecule is CC1=CC2CCOC2CC1. The Morgan fingerprint density at radius 1 is 1.50 bits per heavy atom. The summed E-state index contributed by atoms with van der Waals surface area (Å²) in [6.45, 7) is 3.22. The molecule has 2 aliphatic rings. The minimum absolute atomic E-state index is 0.573. The molecule has 2 atom stereocenters. The van der Waals surface area contributed by atoms with E-state index in [1.165, 1.54) is 19.3 Å². The molecule has 0 saturated carbocycles. The summed E-state index contributed by atoms with van der Waals surface area (Å²) in [6.07, 6.45) is 6.74. The highest BCUT2D eigenvalue weighted by atomic mass is 16.5. The molecule has 1 heterocycles. The standard InChI is InChI=1S/C9H14O/c1-7-2-3-9-8(6-7)4-5-10-9/h6,8-9H,2-5H2,1H3. The van der Waals surface area contributed by atoms with E-state index >= 15 is 0 Å². The van der Waals surface area contributed by atoms with E-state index in [2.05, 4.69) is 13.0 Å². The fraction of sp³-hybridized carbons (Fsp3) is 0.778. The highest BCUT2D eigenvalue weighted by molar-refractivity contribution is 5.09. The van der Waals surface area contributed by atoms with E-state index in [-0.39, 0.29) is 0 Å². The van der Waals surface area contributed by atoms with Gasteiger partial charge in [-0.05, 0) is 26.2 Å². The van der Waals surface area contributed by atoms with Crippen molar-refractivity contribution in [2.24, 2.45) is 5.92 Å². The summed E-state index contributed by atoms with van der Waals surface area (Å²) in [4.78, 5) is 0. The Hall–Kier alpha value is -0.300. The fourth-order valence-electron chi connectivity index (χ4n) is 1.97. The maximum Gasteiger partial charge on any atom is 0.0641 e. The van der Waals surface area contributed by atoms with Crippen molar-refractivity contribution in [2.75, 3.05) is 6.61 Å². The molecule has 56 valence electrons. The Labute approximate surface area is 62.1 Å². The molecule has 0 spiro atoms. The quantitative estimate of drug-likeness (QED) is 0.466. The molecular weight excluding hydrogens is 124 g/mol. The molecule has 0 aromatic carbocycles. The number of rotatable bonds is 0. The number of hydrogen-bond donors (Lipinski definition) is 0. The fourth-order valence-corrected chi connectivity index (χ4v) is 1.97. The van der Waals surface area contributed by atoms with Crippen molar-refractivity contribution in [2.45, 2.75) is 32.3 Å². The lowest BCUT2D eigenvalue weighted by atomic mass is 9.88. The molecule has 1 heteroatoms. The van der Waals surface area contributed by atoms with Crippen LogP contribution in [0.25, 0.3) is 0 Å². The lowest BCUT2D eigenvalue weighted by Gasteiger charge is -2.21. The molecule has 1 saturated heterocycles. The minimum atomic E-state index is 0.573. The molecule has 1 aliphatic heterocycles. The van der Waals surface area contributed by atoms with Crippen LogP contribution >= 0.6 is 0 Å². The van der Waals surface area contributed by atoms with Gasteiger partial charge in [-0.1, -0.05) is 11.6 Å². The average Bonchev–Trinajstić information content (AvgIpc) is 2.33. The second kappa shape index (κ2) is 2.39. The van der Waals surface area contributed by atoms with Gasteiger partial charge in [-0.3, -0.25) is 0 Å². The zero-order valence-electron chi connectivity index (χ0n) is 6.47. The summed E-state index contributed by atoms with van der Waals surface area (Å²) >= 11 is 0. The van der Waals surface area contributed by atoms with E-state index in [1.54, 1.807) is 5.57 Å². The summed E-state index contributed by atoms with van der Waals surface area (Å²) in [7, 11) is 0. The van der Waals surface area contributed by atoms with E-state index in [0.717, 1.165) is 12.5 Å². The first-order valence-electron chi connectivity index (χ1n) is 4.15. The Morgan fingerprint density at radius 3 is 3.30 bits per heavy atom. The summed E-state index contributed by atoms with van der Waals surface area (Å²) in [5.74, 6) is 0.758. The van der Waals surface area contributed by atoms with Crippen LogP contribution in [0, 0.1) is 5.92 Å². The maximum atomic E-state index is 5.56. The molecule has 0 N–H and O–H groups in total. The van der Waals surface area contributed by atoms with E-state index in [0.29, 0.717) is 6.10 Å². The van der Waals surface area contributed by atoms with Gasteiger partial charge in [0, 0.05) is 12.5 Å². The first kappa shape index (κ1) is 6.41. The lowest BCUT2D eigenvalue weighted by Crippen LogP contribution is -2.17. The molecule has 1 nitrogen and oxygen atoms in total. The molecule has 1 aliphatic carbocycles. The van der Waals surface area contributed by atoms with Crippen molar-refractivity contribution in [3.63, 3.8) is 0 Å². The highest BCUT2D eigenvalue weighted by Gasteiger charge is 2.28. The summed E-state index contributed by atoms with van der Waals surface area (Å²) in [6, 6.07) is 0. The second-order valence-electron chi connectivity index (χ2n) is 3.41. The summed E-state index contributed by atoms with van der Waals surface area (Å²) < 4.78 is 5.56. The monoisotopic (exact) mass is 138 g/mol. The van der Waals surface area contributed by atoms with Gasteiger partial charge in [0.05, 0.1) is 6.10 Å². The minimum Gasteiger partial charge on any atom is -0.378 e. The first-order chi connectivity index (χ1) is 4.86. The highest BCUT2D eigenvalue weighted by Crippen LogP contribution is 2.32. The van der Waals surface area contributed by atoms with Gasteiger partial charge in [-0.2, -0.15) is 0 Å². The third-order valence-electron chi connectivity index (χ3n) is 2.58. The van der Waals surface area contributed by atoms with Gasteiger partial charge in [0.1, 0.15) is 0 Å². The average molecular weight is 138 g/mol. The molecule has 2 rings (SSSR count). The molecule has 0 amide bonds. The molecule has 2 unspecified atom stereocenters. The number of hydrogen-bond acceptors (Lipinski definition) is 1. The van der Waals surface area contributed by atoms with Crippen LogP contribution in [0.1, 0.15) is 26.2 Å². The predicted molar refractivity (Wildman–Crippen MR) is 40.8 cm³/mol. The van der Waals surface area contributed by atoms with Gasteiger partial charge in [0.25, 0.3) is 0 Å². The third kappa shape index (κ3) is 0.988. The van der Waals surface area contributed by atoms with E-state index in [1.807, 2.05) is 0 Å². The van der Waals surface area contributed by atoms with Crippen LogP contribution in [-0.4, -0.2) is 12.7 Å². The van der Waals surface area contributed by atoms with Crippen molar-refractivity contribution in [3.8, 4) is 0 Å². The van der Waals surface area contributed by atoms with Crippen LogP contribution in [0.3, 0.4) is 0 Å². The zero-order valence-corrected chi connectivity index (χ0v) is 6.47. The third-order valence-corrected chi connectivity index (χ3v) is 2.58. The molecule has 0 aromatic heterocycles. The smallest absolute Gasteiger partial charge is 0.0641 e. The van der Waals surface area contributed by atoms with Crippen molar-refractivity contribution < 1.29 is 4.74 Å². The molecule has 0 aromatic rings. The van der Waals surface area contributed by atoms with Gasteiger partial charge >= 0.3 is 0 Å². The Morgan fingerprint density at radius 2 is 2.40 bits per heavy atom. The van der Waals surface area contributed by atoms with Crippen LogP contribution in [0.2, 0.25) is 0 Å². The zero-order chi connectivity index (χ0) is 6.97. The van der Waals surface area contributed by atoms with E-state index in [4.69, 9.17) is 4.74 Å². The van der Waals surface area contributed by atoms with Crippen molar-refractivity contribution in [3.05, 3.63) is 11.6 Å². The molecule has 0 radical (unpaired) electrons. The van der Waals surface area contributed by atoms with Gasteiger partial charge in [0.15, 0.2) is 0 Å². The van der Waals surface area contributed by atoms with Crippen molar-refractivity contribution >= 4 is 0 Å². The van der Waals surface area contributed by atoms with Crippen LogP contribution in [0.5, 0.6) is 0 Å². The lowest BCUT2D eigenvalue weighted by molar-refractivity contribution is 0.0887. The first-order valence-corrected chi connectivity index (χ1v) is 4.15. The number of fused-ring (bicyclic) bond motifs is 1. The van der Waals surface area contributed by atoms with Crippen LogP contribution in [0.15, 0.2) is 11.6 Å². The molecule has 0 bridgehead atoms. The van der Waals surface area contributed by atoms with Gasteiger partial charge in [-0.15, -0.1) is 0 Å². The molecule has 1 fully saturated rings. The number of ether oxygens (including phenoxy) is 1. The summed E-state index contributed by atoms with van der Waals surface area (Å²) in [5, 5.41) is 0. The van der Waals surface area contributed by atoms with E-state index in [9.17, 15) is 0 Å². The van der Waals surface area contributed by atoms with Crippen LogP contribution < -0.4 is 0 Å². The van der Waals surface area contributed by atoms with Crippen LogP contribution in [0.4, 0.5) is 0 Å². The van der Waals surface area contributed by atoms with Crippen molar-refractivity contribution in [1.29, 1.82) is 0 Å². The van der Waals surface area contributed by atoms with Crippen LogP contribution in [-0.2, 0) is 4.74 Å². The number of allylic oxidation sites excluding steroid dienone is 1. The molecular formula is C9H14O. The normalized spacial score (nSPS) is 39.1. The summed E-state index contributed by atoms with van der Waals surface area (Å²) in [5.41, 5.74) is 1.56. The second-order valence-corrected chi connectivity index (χ2v) is 3.41. The Kier molecular flexibility index (Phi) is 1.53. The largest absolute Gasteiger partial charge is 0.378 e. The van der Waals surface area contributed by atoms with Gasteiger partial charge in [-0.25, -0.2) is 0 Å². The van der Waals surface area contributed by atoms with Crippen molar-refractivity contribution in [1.82, 2.24) is 0 Å². The predicted octanol–water partition coefficient (Wildman–Crippen LogP) is 2.13.